The molecule has 1 atom stereocenters. The molecule has 1 rings (SSSR count). The van der Waals surface area contributed by atoms with E-state index in [1.165, 1.54) is 12.0 Å². The summed E-state index contributed by atoms with van der Waals surface area (Å²) >= 11 is 0. The quantitative estimate of drug-likeness (QED) is 0.556. The molecule has 0 spiro atoms. The van der Waals surface area contributed by atoms with Gasteiger partial charge in [0, 0.05) is 6.54 Å². The van der Waals surface area contributed by atoms with Crippen molar-refractivity contribution in [1.29, 1.82) is 0 Å². The number of hydrogen-bond donors (Lipinski definition) is 1. The highest BCUT2D eigenvalue weighted by atomic mass is 16.5. The van der Waals surface area contributed by atoms with E-state index < -0.39 is 0 Å². The molecule has 0 aliphatic carbocycles. The fourth-order valence-corrected chi connectivity index (χ4v) is 0.988. The summed E-state index contributed by atoms with van der Waals surface area (Å²) < 4.78 is 4.46. The second-order valence-electron chi connectivity index (χ2n) is 2.29. The molecular formula is C6H11NO3. The summed E-state index contributed by atoms with van der Waals surface area (Å²) in [5.74, 6) is 0. The average molecular weight is 145 g/mol. The van der Waals surface area contributed by atoms with Crippen LogP contribution in [0.4, 0.5) is 4.79 Å². The van der Waals surface area contributed by atoms with Crippen molar-refractivity contribution in [3.05, 3.63) is 0 Å². The molecule has 1 N–H and O–H groups in total. The van der Waals surface area contributed by atoms with Gasteiger partial charge in [0.1, 0.15) is 0 Å². The third-order valence-corrected chi connectivity index (χ3v) is 1.76. The van der Waals surface area contributed by atoms with Crippen molar-refractivity contribution in [1.82, 2.24) is 4.90 Å². The molecule has 1 unspecified atom stereocenters. The van der Waals surface area contributed by atoms with Crippen LogP contribution in [-0.4, -0.2) is 42.4 Å². The molecular weight excluding hydrogens is 134 g/mol. The summed E-state index contributed by atoms with van der Waals surface area (Å²) in [5.41, 5.74) is 0. The largest absolute Gasteiger partial charge is 0.453 e. The topological polar surface area (TPSA) is 49.8 Å². The first kappa shape index (κ1) is 7.34. The van der Waals surface area contributed by atoms with E-state index in [1.807, 2.05) is 0 Å². The molecule has 58 valence electrons. The zero-order valence-electron chi connectivity index (χ0n) is 5.91. The van der Waals surface area contributed by atoms with E-state index >= 15 is 0 Å². The highest BCUT2D eigenvalue weighted by Gasteiger charge is 2.31. The number of carbonyl (C=O) groups is 1. The minimum Gasteiger partial charge on any atom is -0.453 e. The smallest absolute Gasteiger partial charge is 0.409 e. The average Bonchev–Trinajstić information content (AvgIpc) is 1.86. The lowest BCUT2D eigenvalue weighted by molar-refractivity contribution is 0.0342. The highest BCUT2D eigenvalue weighted by Crippen LogP contribution is 2.16. The predicted octanol–water partition coefficient (Wildman–Crippen LogP) is -0.181. The first-order chi connectivity index (χ1) is 4.79. The van der Waals surface area contributed by atoms with Gasteiger partial charge < -0.3 is 14.7 Å². The first-order valence-electron chi connectivity index (χ1n) is 3.25. The van der Waals surface area contributed by atoms with E-state index in [0.29, 0.717) is 6.54 Å². The van der Waals surface area contributed by atoms with Crippen LogP contribution in [0.5, 0.6) is 0 Å². The summed E-state index contributed by atoms with van der Waals surface area (Å²) in [5, 5.41) is 8.65. The van der Waals surface area contributed by atoms with Crippen LogP contribution in [-0.2, 0) is 4.74 Å². The van der Waals surface area contributed by atoms with Crippen molar-refractivity contribution in [3.63, 3.8) is 0 Å². The Kier molecular flexibility index (Phi) is 2.11. The zero-order chi connectivity index (χ0) is 7.56. The van der Waals surface area contributed by atoms with Gasteiger partial charge in [-0.1, -0.05) is 0 Å². The number of carbonyl (C=O) groups excluding carboxylic acids is 1. The molecule has 4 nitrogen and oxygen atoms in total. The number of nitrogens with zero attached hydrogens (tertiary/aromatic N) is 1. The lowest BCUT2D eigenvalue weighted by atomic mass is 10.1. The van der Waals surface area contributed by atoms with Crippen molar-refractivity contribution in [2.75, 3.05) is 20.3 Å². The van der Waals surface area contributed by atoms with E-state index in [0.717, 1.165) is 6.42 Å². The Labute approximate surface area is 59.4 Å². The number of methoxy groups -OCH3 is 1. The molecule has 1 aliphatic heterocycles. The molecule has 1 heterocycles. The third-order valence-electron chi connectivity index (χ3n) is 1.76. The molecule has 0 saturated carbocycles. The van der Waals surface area contributed by atoms with E-state index in [9.17, 15) is 4.79 Å². The van der Waals surface area contributed by atoms with Crippen LogP contribution in [0.1, 0.15) is 6.42 Å². The maximum absolute atomic E-state index is 10.8. The number of ether oxygens (including phenoxy) is 1. The van der Waals surface area contributed by atoms with Gasteiger partial charge in [-0.15, -0.1) is 0 Å². The van der Waals surface area contributed by atoms with E-state index in [4.69, 9.17) is 5.11 Å². The molecule has 1 fully saturated rings. The zero-order valence-corrected chi connectivity index (χ0v) is 5.91. The molecule has 0 radical (unpaired) electrons. The Balaban J connectivity index is 2.35. The highest BCUT2D eigenvalue weighted by molar-refractivity contribution is 5.68. The van der Waals surface area contributed by atoms with Crippen LogP contribution in [0.2, 0.25) is 0 Å². The molecule has 1 saturated heterocycles. The van der Waals surface area contributed by atoms with Gasteiger partial charge in [0.25, 0.3) is 0 Å². The molecule has 0 aromatic heterocycles. The van der Waals surface area contributed by atoms with Crippen molar-refractivity contribution >= 4 is 6.09 Å². The molecule has 1 amide bonds. The first-order valence-corrected chi connectivity index (χ1v) is 3.25. The summed E-state index contributed by atoms with van der Waals surface area (Å²) in [6.45, 7) is 0.743. The monoisotopic (exact) mass is 145 g/mol. The van der Waals surface area contributed by atoms with Gasteiger partial charge in [-0.2, -0.15) is 0 Å². The molecule has 0 aromatic rings. The maximum Gasteiger partial charge on any atom is 0.409 e. The second-order valence-corrected chi connectivity index (χ2v) is 2.29. The molecule has 4 heteroatoms. The fraction of sp³-hybridized carbons (Fsp3) is 0.833. The van der Waals surface area contributed by atoms with Gasteiger partial charge in [0.05, 0.1) is 19.8 Å². The van der Waals surface area contributed by atoms with Gasteiger partial charge in [-0.25, -0.2) is 4.79 Å². The van der Waals surface area contributed by atoms with Crippen LogP contribution >= 0.6 is 0 Å². The standard InChI is InChI=1S/C6H11NO3/c1-10-6(9)7-3-2-5(7)4-8/h5,8H,2-4H2,1H3. The molecule has 10 heavy (non-hydrogen) atoms. The fourth-order valence-electron chi connectivity index (χ4n) is 0.988. The van der Waals surface area contributed by atoms with Crippen LogP contribution in [0, 0.1) is 0 Å². The number of aliphatic hydroxyl groups is 1. The van der Waals surface area contributed by atoms with Crippen molar-refractivity contribution in [3.8, 4) is 0 Å². The van der Waals surface area contributed by atoms with Crippen molar-refractivity contribution < 1.29 is 14.6 Å². The molecule has 0 aromatic carbocycles. The summed E-state index contributed by atoms with van der Waals surface area (Å²) in [6, 6.07) is -0.00699. The molecule has 1 aliphatic rings. The second kappa shape index (κ2) is 2.88. The minimum absolute atomic E-state index is 0.00699. The van der Waals surface area contributed by atoms with E-state index in [2.05, 4.69) is 4.74 Å². The predicted molar refractivity (Wildman–Crippen MR) is 34.6 cm³/mol. The number of hydrogen-bond acceptors (Lipinski definition) is 3. The van der Waals surface area contributed by atoms with Gasteiger partial charge in [-0.05, 0) is 6.42 Å². The lowest BCUT2D eigenvalue weighted by Gasteiger charge is -2.38. The number of rotatable bonds is 1. The van der Waals surface area contributed by atoms with Crippen LogP contribution in [0.25, 0.3) is 0 Å². The number of aliphatic hydroxyl groups excluding tert-OH is 1. The Morgan fingerprint density at radius 2 is 2.60 bits per heavy atom. The third kappa shape index (κ3) is 1.07. The Morgan fingerprint density at radius 1 is 1.90 bits per heavy atom. The Hall–Kier alpha value is -0.770. The van der Waals surface area contributed by atoms with Crippen LogP contribution < -0.4 is 0 Å². The minimum atomic E-state index is -0.342. The van der Waals surface area contributed by atoms with Crippen LogP contribution in [0.3, 0.4) is 0 Å². The van der Waals surface area contributed by atoms with Crippen molar-refractivity contribution in [2.45, 2.75) is 12.5 Å². The number of likely N-dealkylation sites (tertiary alicyclic amines) is 1. The van der Waals surface area contributed by atoms with Crippen LogP contribution in [0.15, 0.2) is 0 Å². The van der Waals surface area contributed by atoms with Gasteiger partial charge in [0.15, 0.2) is 0 Å². The van der Waals surface area contributed by atoms with Crippen molar-refractivity contribution in [2.24, 2.45) is 0 Å². The summed E-state index contributed by atoms with van der Waals surface area (Å²) in [7, 11) is 1.34. The van der Waals surface area contributed by atoms with E-state index in [1.54, 1.807) is 0 Å². The normalized spacial score (nSPS) is 23.8. The Bertz CT molecular complexity index is 135. The van der Waals surface area contributed by atoms with E-state index in [-0.39, 0.29) is 18.7 Å². The lowest BCUT2D eigenvalue weighted by Crippen LogP contribution is -2.52. The van der Waals surface area contributed by atoms with Gasteiger partial charge >= 0.3 is 6.09 Å². The molecule has 0 bridgehead atoms. The summed E-state index contributed by atoms with van der Waals surface area (Å²) in [6.07, 6.45) is 0.538. The van der Waals surface area contributed by atoms with Gasteiger partial charge in [0.2, 0.25) is 0 Å². The summed E-state index contributed by atoms with van der Waals surface area (Å²) in [4.78, 5) is 12.3. The van der Waals surface area contributed by atoms with Gasteiger partial charge in [-0.3, -0.25) is 0 Å². The SMILES string of the molecule is COC(=O)N1CCC1CO. The maximum atomic E-state index is 10.8. The number of amides is 1. The Morgan fingerprint density at radius 3 is 2.90 bits per heavy atom.